The van der Waals surface area contributed by atoms with Crippen molar-refractivity contribution in [1.29, 1.82) is 0 Å². The number of nitrogens with one attached hydrogen (secondary N) is 2. The lowest BCUT2D eigenvalue weighted by Gasteiger charge is -2.08. The first-order chi connectivity index (χ1) is 20.1. The van der Waals surface area contributed by atoms with E-state index in [0.29, 0.717) is 17.4 Å². The largest absolute Gasteiger partial charge is 0.494 e. The van der Waals surface area contributed by atoms with E-state index in [1.54, 1.807) is 0 Å². The quantitative estimate of drug-likeness (QED) is 0.220. The number of alkyl halides is 4. The van der Waals surface area contributed by atoms with Crippen LogP contribution in [0.2, 0.25) is 0 Å². The monoisotopic (exact) mass is 606 g/mol. The molecule has 0 saturated heterocycles. The fourth-order valence-corrected chi connectivity index (χ4v) is 4.47. The first kappa shape index (κ1) is 30.5. The van der Waals surface area contributed by atoms with Crippen LogP contribution in [0.3, 0.4) is 0 Å². The van der Waals surface area contributed by atoms with E-state index in [1.807, 2.05) is 31.2 Å². The van der Waals surface area contributed by atoms with Crippen molar-refractivity contribution < 1.29 is 31.9 Å². The number of carbonyl (C=O) groups excluding carboxylic acids is 2. The SMILES string of the molecule is CCOc1cccc(CNC(=O)c2cn(CC(F)CCc3nnc(C(=O)NCc4cc(C(F)(F)F)ccn4)s3)nn2)c1. The van der Waals surface area contributed by atoms with Crippen LogP contribution in [0, 0.1) is 0 Å². The number of aromatic nitrogens is 6. The van der Waals surface area contributed by atoms with Crippen LogP contribution in [0.1, 0.15) is 55.5 Å². The molecule has 42 heavy (non-hydrogen) atoms. The van der Waals surface area contributed by atoms with E-state index in [2.05, 4.69) is 36.1 Å². The Morgan fingerprint density at radius 2 is 1.88 bits per heavy atom. The van der Waals surface area contributed by atoms with Gasteiger partial charge in [0, 0.05) is 19.2 Å². The van der Waals surface area contributed by atoms with Crippen LogP contribution >= 0.6 is 11.3 Å². The molecule has 0 bridgehead atoms. The predicted octanol–water partition coefficient (Wildman–Crippen LogP) is 3.77. The number of halogens is 4. The first-order valence-electron chi connectivity index (χ1n) is 12.8. The Morgan fingerprint density at radius 1 is 1.07 bits per heavy atom. The van der Waals surface area contributed by atoms with Gasteiger partial charge in [-0.15, -0.1) is 15.3 Å². The van der Waals surface area contributed by atoms with Crippen LogP contribution in [0.5, 0.6) is 5.75 Å². The zero-order valence-corrected chi connectivity index (χ0v) is 23.1. The minimum Gasteiger partial charge on any atom is -0.494 e. The lowest BCUT2D eigenvalue weighted by atomic mass is 10.2. The highest BCUT2D eigenvalue weighted by molar-refractivity contribution is 7.13. The standard InChI is InChI=1S/C26H26F4N8O3S/c1-2-41-20-5-3-4-16(10-20)12-32-23(39)21-15-38(37-34-21)14-18(27)6-7-22-35-36-25(42-22)24(40)33-13-19-11-17(8-9-31-19)26(28,29)30/h3-5,8-11,15,18H,2,6-7,12-14H2,1H3,(H,32,39)(H,33,40). The third-order valence-corrected chi connectivity index (χ3v) is 6.71. The molecule has 1 atom stereocenters. The molecular weight excluding hydrogens is 580 g/mol. The summed E-state index contributed by atoms with van der Waals surface area (Å²) >= 11 is 0.950. The molecule has 2 N–H and O–H groups in total. The zero-order chi connectivity index (χ0) is 30.1. The van der Waals surface area contributed by atoms with Crippen LogP contribution in [0.25, 0.3) is 0 Å². The summed E-state index contributed by atoms with van der Waals surface area (Å²) in [7, 11) is 0. The Morgan fingerprint density at radius 3 is 2.67 bits per heavy atom. The highest BCUT2D eigenvalue weighted by Gasteiger charge is 2.30. The van der Waals surface area contributed by atoms with E-state index in [9.17, 15) is 27.2 Å². The maximum Gasteiger partial charge on any atom is 0.416 e. The molecule has 0 aliphatic rings. The van der Waals surface area contributed by atoms with Gasteiger partial charge in [-0.25, -0.2) is 9.07 Å². The van der Waals surface area contributed by atoms with Gasteiger partial charge in [-0.05, 0) is 43.2 Å². The van der Waals surface area contributed by atoms with Crippen molar-refractivity contribution in [1.82, 2.24) is 40.8 Å². The van der Waals surface area contributed by atoms with Gasteiger partial charge >= 0.3 is 6.18 Å². The predicted molar refractivity (Wildman–Crippen MR) is 142 cm³/mol. The number of nitrogens with zero attached hydrogens (tertiary/aromatic N) is 6. The maximum atomic E-state index is 14.6. The molecule has 3 aromatic heterocycles. The summed E-state index contributed by atoms with van der Waals surface area (Å²) in [4.78, 5) is 28.6. The second-order valence-electron chi connectivity index (χ2n) is 8.94. The molecule has 1 aromatic carbocycles. The Labute approximate surface area is 241 Å². The van der Waals surface area contributed by atoms with Crippen LogP contribution in [0.4, 0.5) is 17.6 Å². The molecule has 4 aromatic rings. The Kier molecular flexibility index (Phi) is 10.1. The summed E-state index contributed by atoms with van der Waals surface area (Å²) < 4.78 is 59.8. The van der Waals surface area contributed by atoms with Crippen molar-refractivity contribution in [3.8, 4) is 5.75 Å². The molecule has 0 radical (unpaired) electrons. The second kappa shape index (κ2) is 13.9. The minimum absolute atomic E-state index is 0.0102. The molecule has 0 spiro atoms. The lowest BCUT2D eigenvalue weighted by Crippen LogP contribution is -2.23. The fourth-order valence-electron chi connectivity index (χ4n) is 3.69. The average Bonchev–Trinajstić information content (AvgIpc) is 3.64. The molecule has 0 saturated carbocycles. The number of pyridine rings is 1. The molecule has 11 nitrogen and oxygen atoms in total. The number of aryl methyl sites for hydroxylation is 1. The Balaban J connectivity index is 1.20. The van der Waals surface area contributed by atoms with Gasteiger partial charge < -0.3 is 15.4 Å². The minimum atomic E-state index is -4.52. The van der Waals surface area contributed by atoms with Crippen molar-refractivity contribution in [2.24, 2.45) is 0 Å². The molecular formula is C26H26F4N8O3S. The van der Waals surface area contributed by atoms with Gasteiger partial charge in [-0.2, -0.15) is 13.2 Å². The summed E-state index contributed by atoms with van der Waals surface area (Å²) in [5.41, 5.74) is 0.0500. The highest BCUT2D eigenvalue weighted by Crippen LogP contribution is 2.29. The second-order valence-corrected chi connectivity index (χ2v) is 10.0. The highest BCUT2D eigenvalue weighted by atomic mass is 32.1. The third-order valence-electron chi connectivity index (χ3n) is 5.73. The molecule has 0 fully saturated rings. The van der Waals surface area contributed by atoms with Crippen molar-refractivity contribution >= 4 is 23.2 Å². The number of hydrogen-bond donors (Lipinski definition) is 2. The van der Waals surface area contributed by atoms with E-state index >= 15 is 0 Å². The normalized spacial score (nSPS) is 12.1. The zero-order valence-electron chi connectivity index (χ0n) is 22.3. The molecule has 0 aliphatic heterocycles. The Bertz CT molecular complexity index is 1510. The van der Waals surface area contributed by atoms with Gasteiger partial charge in [0.1, 0.15) is 16.9 Å². The van der Waals surface area contributed by atoms with E-state index in [1.165, 1.54) is 10.9 Å². The molecule has 3 heterocycles. The molecule has 2 amide bonds. The van der Waals surface area contributed by atoms with Crippen LogP contribution in [-0.2, 0) is 32.2 Å². The van der Waals surface area contributed by atoms with Gasteiger partial charge in [-0.1, -0.05) is 28.7 Å². The van der Waals surface area contributed by atoms with E-state index in [-0.39, 0.29) is 48.9 Å². The first-order valence-corrected chi connectivity index (χ1v) is 13.6. The number of amides is 2. The molecule has 222 valence electrons. The number of rotatable bonds is 13. The number of ether oxygens (including phenoxy) is 1. The molecule has 4 rings (SSSR count). The van der Waals surface area contributed by atoms with Gasteiger partial charge in [0.05, 0.1) is 37.2 Å². The van der Waals surface area contributed by atoms with Gasteiger partial charge in [0.2, 0.25) is 5.01 Å². The fraction of sp³-hybridized carbons (Fsp3) is 0.346. The van der Waals surface area contributed by atoms with Gasteiger partial charge in [0.15, 0.2) is 5.69 Å². The topological polar surface area (TPSA) is 137 Å². The van der Waals surface area contributed by atoms with E-state index < -0.39 is 29.7 Å². The van der Waals surface area contributed by atoms with Crippen LogP contribution in [0.15, 0.2) is 48.8 Å². The number of benzene rings is 1. The Hall–Kier alpha value is -4.47. The maximum absolute atomic E-state index is 14.6. The van der Waals surface area contributed by atoms with Crippen molar-refractivity contribution in [2.75, 3.05) is 6.61 Å². The smallest absolute Gasteiger partial charge is 0.416 e. The molecule has 16 heteroatoms. The van der Waals surface area contributed by atoms with Crippen molar-refractivity contribution in [2.45, 2.75) is 51.7 Å². The van der Waals surface area contributed by atoms with E-state index in [0.717, 1.165) is 35.2 Å². The summed E-state index contributed by atoms with van der Waals surface area (Å²) in [5, 5.41) is 20.9. The molecule has 0 aliphatic carbocycles. The van der Waals surface area contributed by atoms with Crippen molar-refractivity contribution in [3.63, 3.8) is 0 Å². The summed E-state index contributed by atoms with van der Waals surface area (Å²) in [6.07, 6.45) is -3.28. The van der Waals surface area contributed by atoms with E-state index in [4.69, 9.17) is 4.74 Å². The lowest BCUT2D eigenvalue weighted by molar-refractivity contribution is -0.137. The average molecular weight is 607 g/mol. The summed E-state index contributed by atoms with van der Waals surface area (Å²) in [5.74, 6) is -0.393. The summed E-state index contributed by atoms with van der Waals surface area (Å²) in [6, 6.07) is 9.00. The van der Waals surface area contributed by atoms with Gasteiger partial charge in [-0.3, -0.25) is 14.6 Å². The van der Waals surface area contributed by atoms with Crippen LogP contribution < -0.4 is 15.4 Å². The number of carbonyl (C=O) groups is 2. The number of hydrogen-bond acceptors (Lipinski definition) is 9. The summed E-state index contributed by atoms with van der Waals surface area (Å²) in [6.45, 7) is 2.28. The van der Waals surface area contributed by atoms with Crippen LogP contribution in [-0.4, -0.2) is 54.8 Å². The van der Waals surface area contributed by atoms with Gasteiger partial charge in [0.25, 0.3) is 11.8 Å². The molecule has 1 unspecified atom stereocenters. The van der Waals surface area contributed by atoms with Crippen molar-refractivity contribution in [3.05, 3.63) is 81.3 Å². The third kappa shape index (κ3) is 8.76.